The number of hydrogen-bond donors (Lipinski definition) is 2. The Morgan fingerprint density at radius 2 is 1.87 bits per heavy atom. The van der Waals surface area contributed by atoms with Gasteiger partial charge in [0, 0.05) is 29.8 Å². The molecule has 2 bridgehead atoms. The monoisotopic (exact) mass is 426 g/mol. The van der Waals surface area contributed by atoms with E-state index in [1.165, 1.54) is 5.56 Å². The first kappa shape index (κ1) is 22.2. The lowest BCUT2D eigenvalue weighted by atomic mass is 9.51. The van der Waals surface area contributed by atoms with Crippen molar-refractivity contribution in [3.8, 4) is 5.75 Å². The third-order valence-corrected chi connectivity index (χ3v) is 9.41. The number of benzene rings is 1. The number of nitrogens with two attached hydrogens (primary N) is 1. The van der Waals surface area contributed by atoms with Crippen LogP contribution in [-0.2, 0) is 21.4 Å². The molecule has 2 fully saturated rings. The molecule has 3 N–H and O–H groups in total. The molecule has 0 radical (unpaired) electrons. The molecule has 3 aliphatic rings. The molecule has 0 spiro atoms. The van der Waals surface area contributed by atoms with Crippen LogP contribution in [0.2, 0.25) is 0 Å². The van der Waals surface area contributed by atoms with E-state index < -0.39 is 0 Å². The molecular formula is C26H38N2O3. The highest BCUT2D eigenvalue weighted by Gasteiger charge is 2.57. The summed E-state index contributed by atoms with van der Waals surface area (Å²) in [6, 6.07) is 5.97. The van der Waals surface area contributed by atoms with E-state index >= 15 is 0 Å². The van der Waals surface area contributed by atoms with Crippen molar-refractivity contribution >= 4 is 11.8 Å². The van der Waals surface area contributed by atoms with Crippen molar-refractivity contribution in [1.29, 1.82) is 0 Å². The molecule has 1 unspecified atom stereocenters. The Kier molecular flexibility index (Phi) is 5.60. The van der Waals surface area contributed by atoms with Crippen molar-refractivity contribution in [3.63, 3.8) is 0 Å². The maximum Gasteiger partial charge on any atom is 0.225 e. The second-order valence-corrected chi connectivity index (χ2v) is 10.9. The summed E-state index contributed by atoms with van der Waals surface area (Å²) < 4.78 is 0. The van der Waals surface area contributed by atoms with Gasteiger partial charge >= 0.3 is 0 Å². The minimum absolute atomic E-state index is 0.0348. The number of amides is 2. The molecule has 1 saturated heterocycles. The Balaban J connectivity index is 1.54. The van der Waals surface area contributed by atoms with Gasteiger partial charge in [0.1, 0.15) is 5.75 Å². The molecule has 1 aromatic rings. The third-order valence-electron chi connectivity index (χ3n) is 9.41. The third kappa shape index (κ3) is 3.35. The first-order chi connectivity index (χ1) is 14.6. The second kappa shape index (κ2) is 7.83. The van der Waals surface area contributed by atoms with Crippen LogP contribution in [0.5, 0.6) is 5.75 Å². The van der Waals surface area contributed by atoms with E-state index in [1.54, 1.807) is 6.07 Å². The molecule has 1 aliphatic heterocycles. The maximum atomic E-state index is 13.7. The fraction of sp³-hybridized carbons (Fsp3) is 0.692. The maximum absolute atomic E-state index is 13.7. The van der Waals surface area contributed by atoms with Gasteiger partial charge in [-0.2, -0.15) is 0 Å². The number of nitrogens with zero attached hydrogens (tertiary/aromatic N) is 1. The summed E-state index contributed by atoms with van der Waals surface area (Å²) in [5, 5.41) is 10.6. The zero-order valence-corrected chi connectivity index (χ0v) is 19.5. The van der Waals surface area contributed by atoms with Crippen LogP contribution in [0.3, 0.4) is 0 Å². The number of rotatable bonds is 4. The molecule has 2 aliphatic carbocycles. The summed E-state index contributed by atoms with van der Waals surface area (Å²) in [5.74, 6) is 0.706. The van der Waals surface area contributed by atoms with Crippen molar-refractivity contribution in [2.75, 3.05) is 6.54 Å². The first-order valence-corrected chi connectivity index (χ1v) is 12.0. The number of likely N-dealkylation sites (tertiary alicyclic amines) is 1. The van der Waals surface area contributed by atoms with Crippen LogP contribution in [-0.4, -0.2) is 34.4 Å². The van der Waals surface area contributed by atoms with E-state index in [4.69, 9.17) is 5.73 Å². The molecule has 5 nitrogen and oxygen atoms in total. The highest BCUT2D eigenvalue weighted by molar-refractivity contribution is 5.80. The number of primary amides is 1. The van der Waals surface area contributed by atoms with Crippen LogP contribution in [0.15, 0.2) is 18.2 Å². The van der Waals surface area contributed by atoms with E-state index in [0.29, 0.717) is 18.1 Å². The predicted molar refractivity (Wildman–Crippen MR) is 121 cm³/mol. The molecule has 170 valence electrons. The first-order valence-electron chi connectivity index (χ1n) is 12.0. The van der Waals surface area contributed by atoms with Gasteiger partial charge in [-0.05, 0) is 73.5 Å². The average Bonchev–Trinajstić information content (AvgIpc) is 2.72. The SMILES string of the molecule is CCC(C(N)=O)C1CCC(C(=O)N2CC[C@@]3(C)c4cccc(O)c4C[C@@H]2C3(C)C)CC1. The van der Waals surface area contributed by atoms with Gasteiger partial charge in [0.15, 0.2) is 0 Å². The molecule has 1 heterocycles. The van der Waals surface area contributed by atoms with Gasteiger partial charge in [-0.15, -0.1) is 0 Å². The van der Waals surface area contributed by atoms with Gasteiger partial charge in [-0.25, -0.2) is 0 Å². The number of hydrogen-bond acceptors (Lipinski definition) is 3. The average molecular weight is 427 g/mol. The van der Waals surface area contributed by atoms with Crippen LogP contribution in [0.4, 0.5) is 0 Å². The molecule has 4 rings (SSSR count). The fourth-order valence-electron chi connectivity index (χ4n) is 6.96. The number of carbonyl (C=O) groups is 2. The molecular weight excluding hydrogens is 388 g/mol. The quantitative estimate of drug-likeness (QED) is 0.759. The lowest BCUT2D eigenvalue weighted by Gasteiger charge is -2.61. The Morgan fingerprint density at radius 3 is 2.48 bits per heavy atom. The van der Waals surface area contributed by atoms with E-state index in [0.717, 1.165) is 50.6 Å². The van der Waals surface area contributed by atoms with Crippen LogP contribution < -0.4 is 5.73 Å². The molecule has 5 heteroatoms. The minimum atomic E-state index is -0.199. The predicted octanol–water partition coefficient (Wildman–Crippen LogP) is 4.15. The van der Waals surface area contributed by atoms with Crippen molar-refractivity contribution in [1.82, 2.24) is 4.90 Å². The smallest absolute Gasteiger partial charge is 0.225 e. The topological polar surface area (TPSA) is 83.6 Å². The second-order valence-electron chi connectivity index (χ2n) is 10.9. The van der Waals surface area contributed by atoms with Crippen molar-refractivity contribution in [3.05, 3.63) is 29.3 Å². The largest absolute Gasteiger partial charge is 0.508 e. The van der Waals surface area contributed by atoms with E-state index in [-0.39, 0.29) is 40.5 Å². The summed E-state index contributed by atoms with van der Waals surface area (Å²) in [7, 11) is 0. The summed E-state index contributed by atoms with van der Waals surface area (Å²) in [5.41, 5.74) is 7.74. The molecule has 3 atom stereocenters. The van der Waals surface area contributed by atoms with Crippen LogP contribution in [0.25, 0.3) is 0 Å². The Bertz CT molecular complexity index is 871. The van der Waals surface area contributed by atoms with Gasteiger partial charge in [-0.1, -0.05) is 39.8 Å². The van der Waals surface area contributed by atoms with Crippen molar-refractivity contribution < 1.29 is 14.7 Å². The van der Waals surface area contributed by atoms with Crippen molar-refractivity contribution in [2.24, 2.45) is 28.9 Å². The van der Waals surface area contributed by atoms with Gasteiger partial charge in [0.2, 0.25) is 11.8 Å². The highest BCUT2D eigenvalue weighted by Crippen LogP contribution is 2.57. The Hall–Kier alpha value is -2.04. The summed E-state index contributed by atoms with van der Waals surface area (Å²) >= 11 is 0. The standard InChI is InChI=1S/C26H38N2O3/c1-5-18(23(27)30)16-9-11-17(12-10-16)24(31)28-14-13-26(4)20-7-6-8-21(29)19(20)15-22(28)25(26,2)3/h6-8,16-18,22,29H,5,9-15H2,1-4H3,(H2,27,30)/t16?,17?,18?,22-,26+/m1/s1. The van der Waals surface area contributed by atoms with Gasteiger partial charge < -0.3 is 15.7 Å². The van der Waals surface area contributed by atoms with Crippen LogP contribution in [0, 0.1) is 23.2 Å². The number of carbonyl (C=O) groups excluding carboxylic acids is 2. The minimum Gasteiger partial charge on any atom is -0.508 e. The summed E-state index contributed by atoms with van der Waals surface area (Å²) in [4.78, 5) is 27.6. The number of aromatic hydroxyl groups is 1. The molecule has 31 heavy (non-hydrogen) atoms. The Labute approximate surface area is 186 Å². The van der Waals surface area contributed by atoms with Gasteiger partial charge in [-0.3, -0.25) is 9.59 Å². The van der Waals surface area contributed by atoms with Crippen molar-refractivity contribution in [2.45, 2.75) is 84.1 Å². The van der Waals surface area contributed by atoms with Crippen LogP contribution in [0.1, 0.15) is 77.3 Å². The molecule has 1 saturated carbocycles. The van der Waals surface area contributed by atoms with Gasteiger partial charge in [0.25, 0.3) is 0 Å². The van der Waals surface area contributed by atoms with Crippen LogP contribution >= 0.6 is 0 Å². The number of phenols is 1. The van der Waals surface area contributed by atoms with Gasteiger partial charge in [0.05, 0.1) is 0 Å². The molecule has 1 aromatic carbocycles. The van der Waals surface area contributed by atoms with E-state index in [2.05, 4.69) is 31.7 Å². The highest BCUT2D eigenvalue weighted by atomic mass is 16.3. The Morgan fingerprint density at radius 1 is 1.19 bits per heavy atom. The zero-order valence-electron chi connectivity index (χ0n) is 19.5. The fourth-order valence-corrected chi connectivity index (χ4v) is 6.96. The molecule has 2 amide bonds. The summed E-state index contributed by atoms with van der Waals surface area (Å²) in [6.45, 7) is 9.69. The van der Waals surface area contributed by atoms with E-state index in [9.17, 15) is 14.7 Å². The summed E-state index contributed by atoms with van der Waals surface area (Å²) in [6.07, 6.45) is 5.90. The van der Waals surface area contributed by atoms with E-state index in [1.807, 2.05) is 13.0 Å². The number of fused-ring (bicyclic) bond motifs is 4. The zero-order chi connectivity index (χ0) is 22.6. The normalized spacial score (nSPS) is 32.8. The number of phenolic OH excluding ortho intramolecular Hbond substituents is 1. The molecule has 0 aromatic heterocycles. The number of piperidine rings is 1. The lowest BCUT2D eigenvalue weighted by molar-refractivity contribution is -0.149. The lowest BCUT2D eigenvalue weighted by Crippen LogP contribution is -2.65.